The second kappa shape index (κ2) is 2.81. The molecule has 66 valence electrons. The van der Waals surface area contributed by atoms with Gasteiger partial charge in [-0.15, -0.1) is 0 Å². The Balaban J connectivity index is 4.34. The van der Waals surface area contributed by atoms with Crippen molar-refractivity contribution < 1.29 is 14.4 Å². The first-order valence-corrected chi connectivity index (χ1v) is 3.70. The van der Waals surface area contributed by atoms with Gasteiger partial charge in [0, 0.05) is 0 Å². The van der Waals surface area contributed by atoms with E-state index < -0.39 is 5.97 Å². The molecular weight excluding hydrogens is 142 g/mol. The summed E-state index contributed by atoms with van der Waals surface area (Å²) >= 11 is 0. The minimum atomic E-state index is -0.733. The normalized spacial score (nSPS) is 13.2. The Bertz CT molecular complexity index is 156. The highest BCUT2D eigenvalue weighted by atomic mass is 16.4. The molecule has 3 heteroatoms. The molecule has 0 unspecified atom stereocenters. The Morgan fingerprint density at radius 2 is 1.73 bits per heavy atom. The molecule has 1 N–H and O–H groups in total. The van der Waals surface area contributed by atoms with Gasteiger partial charge in [-0.05, 0) is 13.8 Å². The van der Waals surface area contributed by atoms with Gasteiger partial charge in [0.2, 0.25) is 0 Å². The molecule has 0 saturated carbocycles. The van der Waals surface area contributed by atoms with Crippen molar-refractivity contribution in [3.05, 3.63) is 0 Å². The van der Waals surface area contributed by atoms with E-state index in [2.05, 4.69) is 0 Å². The number of hydrogen-bond acceptors (Lipinski definition) is 1. The van der Waals surface area contributed by atoms with Crippen LogP contribution >= 0.6 is 0 Å². The van der Waals surface area contributed by atoms with Gasteiger partial charge in [0.1, 0.15) is 5.54 Å². The predicted molar refractivity (Wildman–Crippen MR) is 44.4 cm³/mol. The van der Waals surface area contributed by atoms with Gasteiger partial charge in [0.25, 0.3) is 0 Å². The summed E-state index contributed by atoms with van der Waals surface area (Å²) in [4.78, 5) is 10.5. The first-order chi connectivity index (χ1) is 4.67. The van der Waals surface area contributed by atoms with Crippen LogP contribution < -0.4 is 0 Å². The van der Waals surface area contributed by atoms with Crippen LogP contribution in [0.25, 0.3) is 0 Å². The zero-order chi connectivity index (χ0) is 9.28. The lowest BCUT2D eigenvalue weighted by molar-refractivity contribution is -0.919. The summed E-state index contributed by atoms with van der Waals surface area (Å²) in [7, 11) is 6.01. The summed E-state index contributed by atoms with van der Waals surface area (Å²) in [5, 5.41) is 8.60. The molecule has 0 aromatic heterocycles. The first-order valence-electron chi connectivity index (χ1n) is 3.70. The van der Waals surface area contributed by atoms with Crippen LogP contribution in [0.1, 0.15) is 20.3 Å². The van der Waals surface area contributed by atoms with Gasteiger partial charge < -0.3 is 9.59 Å². The number of nitrogens with zero attached hydrogens (tertiary/aromatic N) is 1. The number of quaternary nitrogens is 1. The van der Waals surface area contributed by atoms with Crippen molar-refractivity contribution >= 4 is 5.97 Å². The summed E-state index contributed by atoms with van der Waals surface area (Å²) in [6.07, 6.45) is 0.205. The monoisotopic (exact) mass is 160 g/mol. The van der Waals surface area contributed by atoms with Crippen LogP contribution in [0.4, 0.5) is 0 Å². The van der Waals surface area contributed by atoms with Crippen LogP contribution in [-0.2, 0) is 4.79 Å². The molecule has 3 nitrogen and oxygen atoms in total. The van der Waals surface area contributed by atoms with Crippen LogP contribution in [0.2, 0.25) is 0 Å². The first kappa shape index (κ1) is 10.4. The molecule has 0 rings (SSSR count). The van der Waals surface area contributed by atoms with Crippen molar-refractivity contribution in [2.24, 2.45) is 0 Å². The fourth-order valence-corrected chi connectivity index (χ4v) is 0.607. The van der Waals surface area contributed by atoms with E-state index in [-0.39, 0.29) is 12.0 Å². The van der Waals surface area contributed by atoms with Gasteiger partial charge in [-0.2, -0.15) is 0 Å². The summed E-state index contributed by atoms with van der Waals surface area (Å²) in [6.45, 7) is 3.92. The average Bonchev–Trinajstić information content (AvgIpc) is 1.56. The molecule has 0 heterocycles. The molecular formula is C8H18NO2+. The van der Waals surface area contributed by atoms with E-state index in [1.165, 1.54) is 0 Å². The summed E-state index contributed by atoms with van der Waals surface area (Å²) in [5.41, 5.74) is -0.203. The van der Waals surface area contributed by atoms with E-state index in [0.717, 1.165) is 0 Å². The molecule has 0 fully saturated rings. The van der Waals surface area contributed by atoms with E-state index in [4.69, 9.17) is 5.11 Å². The molecule has 0 aliphatic heterocycles. The second-order valence-electron chi connectivity index (χ2n) is 4.40. The van der Waals surface area contributed by atoms with Crippen LogP contribution in [0, 0.1) is 0 Å². The Morgan fingerprint density at radius 1 is 1.36 bits per heavy atom. The van der Waals surface area contributed by atoms with Gasteiger partial charge in [-0.25, -0.2) is 0 Å². The summed E-state index contributed by atoms with van der Waals surface area (Å²) in [5.74, 6) is -0.733. The third kappa shape index (κ3) is 2.89. The zero-order valence-electron chi connectivity index (χ0n) is 8.01. The second-order valence-corrected chi connectivity index (χ2v) is 4.40. The molecule has 0 saturated heterocycles. The fourth-order valence-electron chi connectivity index (χ4n) is 0.607. The number of rotatable bonds is 3. The van der Waals surface area contributed by atoms with Crippen LogP contribution in [-0.4, -0.2) is 42.2 Å². The number of carbonyl (C=O) groups is 1. The average molecular weight is 160 g/mol. The summed E-state index contributed by atoms with van der Waals surface area (Å²) < 4.78 is 0.666. The Labute approximate surface area is 68.2 Å². The smallest absolute Gasteiger partial charge is 0.309 e. The molecule has 0 radical (unpaired) electrons. The van der Waals surface area contributed by atoms with E-state index in [9.17, 15) is 4.79 Å². The topological polar surface area (TPSA) is 37.3 Å². The Hall–Kier alpha value is -0.570. The van der Waals surface area contributed by atoms with E-state index >= 15 is 0 Å². The van der Waals surface area contributed by atoms with Gasteiger partial charge >= 0.3 is 5.97 Å². The molecule has 0 spiro atoms. The highest BCUT2D eigenvalue weighted by Gasteiger charge is 2.34. The summed E-state index contributed by atoms with van der Waals surface area (Å²) in [6, 6.07) is 0. The van der Waals surface area contributed by atoms with E-state index in [0.29, 0.717) is 4.48 Å². The lowest BCUT2D eigenvalue weighted by Gasteiger charge is -2.40. The van der Waals surface area contributed by atoms with E-state index in [1.807, 2.05) is 35.0 Å². The maximum Gasteiger partial charge on any atom is 0.309 e. The Morgan fingerprint density at radius 3 is 1.82 bits per heavy atom. The maximum atomic E-state index is 10.5. The minimum Gasteiger partial charge on any atom is -0.481 e. The van der Waals surface area contributed by atoms with Crippen molar-refractivity contribution in [2.75, 3.05) is 21.1 Å². The third-order valence-corrected chi connectivity index (χ3v) is 2.40. The highest BCUT2D eigenvalue weighted by Crippen LogP contribution is 2.21. The van der Waals surface area contributed by atoms with Crippen molar-refractivity contribution in [1.82, 2.24) is 0 Å². The standard InChI is InChI=1S/C8H17NO2/c1-8(2,6-7(10)11)9(3,4)5/h6H2,1-5H3/p+1. The van der Waals surface area contributed by atoms with Crippen molar-refractivity contribution in [2.45, 2.75) is 25.8 Å². The number of hydrogen-bond donors (Lipinski definition) is 1. The van der Waals surface area contributed by atoms with Crippen molar-refractivity contribution in [3.63, 3.8) is 0 Å². The molecule has 0 aliphatic rings. The largest absolute Gasteiger partial charge is 0.481 e. The molecule has 0 aromatic rings. The van der Waals surface area contributed by atoms with Crippen LogP contribution in [0.15, 0.2) is 0 Å². The van der Waals surface area contributed by atoms with Crippen molar-refractivity contribution in [3.8, 4) is 0 Å². The molecule has 0 aliphatic carbocycles. The Kier molecular flexibility index (Phi) is 2.67. The third-order valence-electron chi connectivity index (χ3n) is 2.40. The van der Waals surface area contributed by atoms with Gasteiger partial charge in [-0.1, -0.05) is 0 Å². The van der Waals surface area contributed by atoms with Gasteiger partial charge in [0.05, 0.1) is 27.6 Å². The number of carboxylic acids is 1. The number of carboxylic acid groups (broad SMARTS) is 1. The molecule has 11 heavy (non-hydrogen) atoms. The maximum absolute atomic E-state index is 10.5. The van der Waals surface area contributed by atoms with Gasteiger partial charge in [-0.3, -0.25) is 4.79 Å². The molecule has 0 amide bonds. The fraction of sp³-hybridized carbons (Fsp3) is 0.875. The minimum absolute atomic E-state index is 0.203. The highest BCUT2D eigenvalue weighted by molar-refractivity contribution is 5.67. The SMILES string of the molecule is CC(C)(CC(=O)O)[N+](C)(C)C. The molecule has 0 bridgehead atoms. The number of aliphatic carboxylic acids is 1. The quantitative estimate of drug-likeness (QED) is 0.624. The molecule has 0 atom stereocenters. The lowest BCUT2D eigenvalue weighted by Crippen LogP contribution is -2.53. The zero-order valence-corrected chi connectivity index (χ0v) is 8.01. The van der Waals surface area contributed by atoms with Gasteiger partial charge in [0.15, 0.2) is 0 Å². The van der Waals surface area contributed by atoms with Crippen LogP contribution in [0.3, 0.4) is 0 Å². The van der Waals surface area contributed by atoms with E-state index in [1.54, 1.807) is 0 Å². The van der Waals surface area contributed by atoms with Crippen molar-refractivity contribution in [1.29, 1.82) is 0 Å². The van der Waals surface area contributed by atoms with Crippen LogP contribution in [0.5, 0.6) is 0 Å². The lowest BCUT2D eigenvalue weighted by atomic mass is 9.97. The predicted octanol–water partition coefficient (Wildman–Crippen LogP) is 0.946. The molecule has 0 aromatic carbocycles.